The van der Waals surface area contributed by atoms with Crippen molar-refractivity contribution in [2.45, 2.75) is 38.5 Å². The molecule has 26 heavy (non-hydrogen) atoms. The molecule has 1 amide bonds. The zero-order valence-electron chi connectivity index (χ0n) is 15.3. The number of esters is 1. The smallest absolute Gasteiger partial charge is 0.328 e. The topological polar surface area (TPSA) is 94.3 Å². The lowest BCUT2D eigenvalue weighted by atomic mass is 10.0. The summed E-state index contributed by atoms with van der Waals surface area (Å²) in [5, 5.41) is 10.9. The van der Waals surface area contributed by atoms with Gasteiger partial charge in [-0.1, -0.05) is 43.3 Å². The normalized spacial score (nSPS) is 12.0. The lowest BCUT2D eigenvalue weighted by Gasteiger charge is -2.17. The average Bonchev–Trinajstić information content (AvgIpc) is 3.07. The Kier molecular flexibility index (Phi) is 7.20. The summed E-state index contributed by atoms with van der Waals surface area (Å²) in [5.41, 5.74) is 1.92. The monoisotopic (exact) mass is 377 g/mol. The van der Waals surface area contributed by atoms with Crippen LogP contribution in [0.1, 0.15) is 25.8 Å². The van der Waals surface area contributed by atoms with E-state index in [9.17, 15) is 9.59 Å². The third kappa shape index (κ3) is 5.87. The third-order valence-electron chi connectivity index (χ3n) is 3.53. The first-order valence-electron chi connectivity index (χ1n) is 8.29. The fourth-order valence-electron chi connectivity index (χ4n) is 2.35. The molecule has 1 aromatic carbocycles. The van der Waals surface area contributed by atoms with Gasteiger partial charge in [0.1, 0.15) is 6.04 Å². The van der Waals surface area contributed by atoms with E-state index >= 15 is 0 Å². The van der Waals surface area contributed by atoms with Gasteiger partial charge in [0.2, 0.25) is 11.8 Å². The van der Waals surface area contributed by atoms with Crippen molar-refractivity contribution in [1.82, 2.24) is 15.5 Å². The molecule has 0 radical (unpaired) electrons. The number of hydrogen-bond donors (Lipinski definition) is 1. The van der Waals surface area contributed by atoms with Crippen molar-refractivity contribution in [3.8, 4) is 11.5 Å². The first-order valence-corrected chi connectivity index (χ1v) is 9.28. The molecule has 7 nitrogen and oxygen atoms in total. The van der Waals surface area contributed by atoms with Gasteiger partial charge in [-0.3, -0.25) is 4.79 Å². The van der Waals surface area contributed by atoms with Crippen LogP contribution in [0.2, 0.25) is 0 Å². The number of carbonyl (C=O) groups excluding carboxylic acids is 2. The van der Waals surface area contributed by atoms with Crippen molar-refractivity contribution in [2.75, 3.05) is 12.9 Å². The van der Waals surface area contributed by atoms with Gasteiger partial charge in [0, 0.05) is 5.56 Å². The molecular weight excluding hydrogens is 354 g/mol. The Bertz CT molecular complexity index is 760. The molecule has 0 spiro atoms. The molecule has 1 N–H and O–H groups in total. The number of ether oxygens (including phenoxy) is 1. The van der Waals surface area contributed by atoms with Gasteiger partial charge in [0.25, 0.3) is 5.22 Å². The van der Waals surface area contributed by atoms with Gasteiger partial charge in [-0.05, 0) is 31.4 Å². The number of rotatable bonds is 8. The first kappa shape index (κ1) is 20.0. The maximum absolute atomic E-state index is 12.1. The van der Waals surface area contributed by atoms with Crippen molar-refractivity contribution >= 4 is 23.6 Å². The second-order valence-corrected chi connectivity index (χ2v) is 7.23. The highest BCUT2D eigenvalue weighted by atomic mass is 32.2. The molecule has 140 valence electrons. The maximum atomic E-state index is 12.1. The van der Waals surface area contributed by atoms with Crippen LogP contribution in [-0.2, 0) is 14.3 Å². The minimum Gasteiger partial charge on any atom is -0.467 e. The van der Waals surface area contributed by atoms with Crippen LogP contribution in [0.4, 0.5) is 0 Å². The van der Waals surface area contributed by atoms with E-state index in [1.54, 1.807) is 0 Å². The highest BCUT2D eigenvalue weighted by Crippen LogP contribution is 2.23. The van der Waals surface area contributed by atoms with Crippen LogP contribution in [0.15, 0.2) is 33.9 Å². The van der Waals surface area contributed by atoms with Crippen molar-refractivity contribution in [3.63, 3.8) is 0 Å². The Hall–Kier alpha value is -2.35. The predicted molar refractivity (Wildman–Crippen MR) is 98.6 cm³/mol. The highest BCUT2D eigenvalue weighted by molar-refractivity contribution is 7.99. The molecule has 0 bridgehead atoms. The van der Waals surface area contributed by atoms with E-state index in [-0.39, 0.29) is 17.6 Å². The van der Waals surface area contributed by atoms with Crippen LogP contribution in [0.25, 0.3) is 11.5 Å². The molecule has 0 fully saturated rings. The summed E-state index contributed by atoms with van der Waals surface area (Å²) in [5.74, 6) is -0.0113. The fourth-order valence-corrected chi connectivity index (χ4v) is 2.93. The van der Waals surface area contributed by atoms with Crippen LogP contribution < -0.4 is 5.32 Å². The van der Waals surface area contributed by atoms with Gasteiger partial charge in [-0.2, -0.15) is 0 Å². The number of benzene rings is 1. The largest absolute Gasteiger partial charge is 0.467 e. The molecule has 0 aliphatic rings. The molecule has 1 heterocycles. The van der Waals surface area contributed by atoms with Crippen molar-refractivity contribution in [2.24, 2.45) is 5.92 Å². The number of thioether (sulfide) groups is 1. The Balaban J connectivity index is 1.92. The Morgan fingerprint density at radius 1 is 1.31 bits per heavy atom. The number of carbonyl (C=O) groups is 2. The van der Waals surface area contributed by atoms with Crippen LogP contribution in [0.5, 0.6) is 0 Å². The Morgan fingerprint density at radius 3 is 2.73 bits per heavy atom. The van der Waals surface area contributed by atoms with Gasteiger partial charge in [0.15, 0.2) is 0 Å². The molecule has 0 aliphatic carbocycles. The van der Waals surface area contributed by atoms with E-state index in [0.717, 1.165) is 22.9 Å². The standard InChI is InChI=1S/C18H23N3O4S/c1-11(2)8-14(17(23)24-4)19-15(22)10-26-18-21-20-16(25-18)13-7-5-6-12(3)9-13/h5-7,9,11,14H,8,10H2,1-4H3,(H,19,22)/t14-/m0/s1. The summed E-state index contributed by atoms with van der Waals surface area (Å²) in [6.07, 6.45) is 0.515. The van der Waals surface area contributed by atoms with Gasteiger partial charge in [0.05, 0.1) is 12.9 Å². The van der Waals surface area contributed by atoms with E-state index in [0.29, 0.717) is 17.5 Å². The lowest BCUT2D eigenvalue weighted by Crippen LogP contribution is -2.43. The fraction of sp³-hybridized carbons (Fsp3) is 0.444. The average molecular weight is 377 g/mol. The van der Waals surface area contributed by atoms with E-state index in [2.05, 4.69) is 15.5 Å². The summed E-state index contributed by atoms with van der Waals surface area (Å²) in [4.78, 5) is 23.9. The summed E-state index contributed by atoms with van der Waals surface area (Å²) in [6, 6.07) is 7.07. The van der Waals surface area contributed by atoms with E-state index in [4.69, 9.17) is 9.15 Å². The van der Waals surface area contributed by atoms with Gasteiger partial charge in [-0.25, -0.2) is 4.79 Å². The summed E-state index contributed by atoms with van der Waals surface area (Å²) < 4.78 is 10.3. The van der Waals surface area contributed by atoms with Crippen molar-refractivity contribution in [1.29, 1.82) is 0 Å². The maximum Gasteiger partial charge on any atom is 0.328 e. The third-order valence-corrected chi connectivity index (χ3v) is 4.34. The van der Waals surface area contributed by atoms with Gasteiger partial charge in [-0.15, -0.1) is 10.2 Å². The van der Waals surface area contributed by atoms with Crippen LogP contribution in [0, 0.1) is 12.8 Å². The van der Waals surface area contributed by atoms with Crippen LogP contribution in [-0.4, -0.2) is 41.0 Å². The summed E-state index contributed by atoms with van der Waals surface area (Å²) in [6.45, 7) is 5.93. The zero-order valence-corrected chi connectivity index (χ0v) is 16.1. The molecule has 0 aliphatic heterocycles. The highest BCUT2D eigenvalue weighted by Gasteiger charge is 2.23. The molecule has 2 aromatic rings. The molecule has 1 aromatic heterocycles. The number of aryl methyl sites for hydroxylation is 1. The number of nitrogens with zero attached hydrogens (tertiary/aromatic N) is 2. The van der Waals surface area contributed by atoms with Crippen molar-refractivity contribution < 1.29 is 18.7 Å². The van der Waals surface area contributed by atoms with E-state index in [1.807, 2.05) is 45.0 Å². The second kappa shape index (κ2) is 9.38. The predicted octanol–water partition coefficient (Wildman–Crippen LogP) is 2.84. The van der Waals surface area contributed by atoms with Crippen molar-refractivity contribution in [3.05, 3.63) is 29.8 Å². The number of hydrogen-bond acceptors (Lipinski definition) is 7. The first-order chi connectivity index (χ1) is 12.4. The van der Waals surface area contributed by atoms with E-state index in [1.165, 1.54) is 7.11 Å². The van der Waals surface area contributed by atoms with Crippen LogP contribution >= 0.6 is 11.8 Å². The lowest BCUT2D eigenvalue weighted by molar-refractivity contribution is -0.145. The minimum absolute atomic E-state index is 0.0705. The molecule has 1 atom stereocenters. The molecule has 8 heteroatoms. The molecule has 0 saturated carbocycles. The quantitative estimate of drug-likeness (QED) is 0.558. The molecule has 2 rings (SSSR count). The summed E-state index contributed by atoms with van der Waals surface area (Å²) in [7, 11) is 1.31. The SMILES string of the molecule is COC(=O)[C@H](CC(C)C)NC(=O)CSc1nnc(-c2cccc(C)c2)o1. The molecular formula is C18H23N3O4S. The second-order valence-electron chi connectivity index (χ2n) is 6.30. The number of methoxy groups -OCH3 is 1. The van der Waals surface area contributed by atoms with Gasteiger partial charge >= 0.3 is 5.97 Å². The van der Waals surface area contributed by atoms with Crippen LogP contribution in [0.3, 0.4) is 0 Å². The zero-order chi connectivity index (χ0) is 19.1. The number of aromatic nitrogens is 2. The minimum atomic E-state index is -0.654. The summed E-state index contributed by atoms with van der Waals surface area (Å²) >= 11 is 1.12. The number of nitrogens with one attached hydrogen (secondary N) is 1. The Morgan fingerprint density at radius 2 is 2.08 bits per heavy atom. The van der Waals surface area contributed by atoms with Gasteiger partial charge < -0.3 is 14.5 Å². The van der Waals surface area contributed by atoms with E-state index < -0.39 is 12.0 Å². The molecule has 0 unspecified atom stereocenters. The Labute approximate surface area is 156 Å². The number of amides is 1. The molecule has 0 saturated heterocycles.